The average Bonchev–Trinajstić information content (AvgIpc) is 3.08. The van der Waals surface area contributed by atoms with Crippen LogP contribution in [0.4, 0.5) is 5.69 Å². The van der Waals surface area contributed by atoms with Crippen molar-refractivity contribution in [2.45, 2.75) is 18.9 Å². The van der Waals surface area contributed by atoms with Crippen LogP contribution < -0.4 is 14.8 Å². The van der Waals surface area contributed by atoms with Crippen molar-refractivity contribution in [1.29, 1.82) is 0 Å². The first-order valence-electron chi connectivity index (χ1n) is 6.87. The van der Waals surface area contributed by atoms with Gasteiger partial charge in [0.2, 0.25) is 0 Å². The SMILES string of the molecule is COC(=O)c1cc(OC)c(OC)cc1NC(=O)[C@H]1CCCO1. The van der Waals surface area contributed by atoms with Crippen molar-refractivity contribution in [2.75, 3.05) is 33.3 Å². The highest BCUT2D eigenvalue weighted by molar-refractivity contribution is 6.03. The third kappa shape index (κ3) is 3.30. The fraction of sp³-hybridized carbons (Fsp3) is 0.467. The highest BCUT2D eigenvalue weighted by Crippen LogP contribution is 2.34. The molecule has 0 aliphatic carbocycles. The van der Waals surface area contributed by atoms with E-state index in [1.54, 1.807) is 0 Å². The van der Waals surface area contributed by atoms with Gasteiger partial charge in [-0.25, -0.2) is 4.79 Å². The minimum atomic E-state index is -0.580. The molecule has 22 heavy (non-hydrogen) atoms. The molecule has 7 nitrogen and oxygen atoms in total. The molecule has 0 unspecified atom stereocenters. The largest absolute Gasteiger partial charge is 0.493 e. The maximum absolute atomic E-state index is 12.2. The van der Waals surface area contributed by atoms with Gasteiger partial charge < -0.3 is 24.3 Å². The van der Waals surface area contributed by atoms with Crippen molar-refractivity contribution in [3.8, 4) is 11.5 Å². The van der Waals surface area contributed by atoms with Gasteiger partial charge in [-0.3, -0.25) is 4.79 Å². The molecule has 0 saturated carbocycles. The summed E-state index contributed by atoms with van der Waals surface area (Å²) in [5, 5.41) is 2.69. The lowest BCUT2D eigenvalue weighted by molar-refractivity contribution is -0.124. The molecule has 1 aromatic carbocycles. The Morgan fingerprint density at radius 1 is 1.18 bits per heavy atom. The van der Waals surface area contributed by atoms with Gasteiger partial charge in [-0.15, -0.1) is 0 Å². The molecule has 1 aliphatic heterocycles. The van der Waals surface area contributed by atoms with Gasteiger partial charge >= 0.3 is 5.97 Å². The number of carbonyl (C=O) groups excluding carboxylic acids is 2. The number of hydrogen-bond donors (Lipinski definition) is 1. The summed E-state index contributed by atoms with van der Waals surface area (Å²) in [4.78, 5) is 24.1. The van der Waals surface area contributed by atoms with Crippen molar-refractivity contribution in [1.82, 2.24) is 0 Å². The van der Waals surface area contributed by atoms with Crippen molar-refractivity contribution >= 4 is 17.6 Å². The van der Waals surface area contributed by atoms with E-state index in [0.717, 1.165) is 6.42 Å². The number of esters is 1. The summed E-state index contributed by atoms with van der Waals surface area (Å²) in [6.45, 7) is 0.563. The smallest absolute Gasteiger partial charge is 0.340 e. The number of benzene rings is 1. The van der Waals surface area contributed by atoms with E-state index in [1.807, 2.05) is 0 Å². The molecule has 1 aliphatic rings. The lowest BCUT2D eigenvalue weighted by atomic mass is 10.1. The molecule has 0 aromatic heterocycles. The summed E-state index contributed by atoms with van der Waals surface area (Å²) in [5.74, 6) is -0.103. The number of carbonyl (C=O) groups is 2. The van der Waals surface area contributed by atoms with E-state index in [9.17, 15) is 9.59 Å². The van der Waals surface area contributed by atoms with Gasteiger partial charge in [0.05, 0.1) is 32.6 Å². The maximum Gasteiger partial charge on any atom is 0.340 e. The fourth-order valence-corrected chi connectivity index (χ4v) is 2.26. The third-order valence-electron chi connectivity index (χ3n) is 3.41. The highest BCUT2D eigenvalue weighted by Gasteiger charge is 2.26. The molecule has 7 heteroatoms. The third-order valence-corrected chi connectivity index (χ3v) is 3.41. The summed E-state index contributed by atoms with van der Waals surface area (Å²) in [5.41, 5.74) is 0.483. The van der Waals surface area contributed by atoms with Crippen molar-refractivity contribution in [2.24, 2.45) is 0 Å². The van der Waals surface area contributed by atoms with E-state index in [-0.39, 0.29) is 11.5 Å². The Morgan fingerprint density at radius 3 is 2.41 bits per heavy atom. The number of ether oxygens (including phenoxy) is 4. The molecule has 1 amide bonds. The molecule has 1 heterocycles. The second kappa shape index (κ2) is 7.13. The standard InChI is InChI=1S/C15H19NO6/c1-19-12-7-9(15(18)21-3)10(8-13(12)20-2)16-14(17)11-5-4-6-22-11/h7-8,11H,4-6H2,1-3H3,(H,16,17)/t11-/m1/s1. The Hall–Kier alpha value is -2.28. The second-order valence-electron chi connectivity index (χ2n) is 4.74. The topological polar surface area (TPSA) is 83.1 Å². The lowest BCUT2D eigenvalue weighted by Crippen LogP contribution is -2.27. The van der Waals surface area contributed by atoms with Crippen LogP contribution in [-0.2, 0) is 14.3 Å². The Balaban J connectivity index is 2.34. The molecule has 0 radical (unpaired) electrons. The van der Waals surface area contributed by atoms with Crippen LogP contribution in [0.5, 0.6) is 11.5 Å². The van der Waals surface area contributed by atoms with Gasteiger partial charge in [0.25, 0.3) is 5.91 Å². The Labute approximate surface area is 128 Å². The van der Waals surface area contributed by atoms with Crippen molar-refractivity contribution < 1.29 is 28.5 Å². The van der Waals surface area contributed by atoms with Gasteiger partial charge in [0.15, 0.2) is 11.5 Å². The van der Waals surface area contributed by atoms with E-state index < -0.39 is 12.1 Å². The molecular formula is C15H19NO6. The van der Waals surface area contributed by atoms with Crippen LogP contribution in [0, 0.1) is 0 Å². The second-order valence-corrected chi connectivity index (χ2v) is 4.74. The van der Waals surface area contributed by atoms with Crippen LogP contribution in [-0.4, -0.2) is 45.9 Å². The lowest BCUT2D eigenvalue weighted by Gasteiger charge is -2.16. The van der Waals surface area contributed by atoms with Gasteiger partial charge in [0.1, 0.15) is 6.10 Å². The molecular weight excluding hydrogens is 290 g/mol. The number of amides is 1. The molecule has 2 rings (SSSR count). The summed E-state index contributed by atoms with van der Waals surface area (Å²) in [7, 11) is 4.20. The normalized spacial score (nSPS) is 17.0. The van der Waals surface area contributed by atoms with E-state index in [2.05, 4.69) is 5.32 Å². The molecule has 0 spiro atoms. The van der Waals surface area contributed by atoms with Gasteiger partial charge in [-0.05, 0) is 12.8 Å². The number of methoxy groups -OCH3 is 3. The van der Waals surface area contributed by atoms with Gasteiger partial charge in [-0.1, -0.05) is 0 Å². The van der Waals surface area contributed by atoms with Gasteiger partial charge in [0, 0.05) is 18.7 Å². The summed E-state index contributed by atoms with van der Waals surface area (Å²) >= 11 is 0. The molecule has 1 atom stereocenters. The zero-order valence-electron chi connectivity index (χ0n) is 12.8. The fourth-order valence-electron chi connectivity index (χ4n) is 2.26. The summed E-state index contributed by atoms with van der Waals surface area (Å²) in [6.07, 6.45) is 0.999. The summed E-state index contributed by atoms with van der Waals surface area (Å²) in [6, 6.07) is 2.99. The molecule has 1 fully saturated rings. The first-order valence-corrected chi connectivity index (χ1v) is 6.87. The average molecular weight is 309 g/mol. The van der Waals surface area contributed by atoms with Gasteiger partial charge in [-0.2, -0.15) is 0 Å². The molecule has 1 N–H and O–H groups in total. The maximum atomic E-state index is 12.2. The molecule has 0 bridgehead atoms. The minimum Gasteiger partial charge on any atom is -0.493 e. The monoisotopic (exact) mass is 309 g/mol. The van der Waals surface area contributed by atoms with Crippen LogP contribution in [0.3, 0.4) is 0 Å². The van der Waals surface area contributed by atoms with E-state index in [0.29, 0.717) is 30.2 Å². The number of nitrogens with one attached hydrogen (secondary N) is 1. The van der Waals surface area contributed by atoms with E-state index in [4.69, 9.17) is 18.9 Å². The Morgan fingerprint density at radius 2 is 1.86 bits per heavy atom. The highest BCUT2D eigenvalue weighted by atomic mass is 16.5. The Kier molecular flexibility index (Phi) is 5.21. The first kappa shape index (κ1) is 16.1. The predicted octanol–water partition coefficient (Wildman–Crippen LogP) is 1.61. The molecule has 120 valence electrons. The van der Waals surface area contributed by atoms with E-state index in [1.165, 1.54) is 33.5 Å². The Bertz CT molecular complexity index is 565. The minimum absolute atomic E-state index is 0.187. The van der Waals surface area contributed by atoms with Crippen molar-refractivity contribution in [3.63, 3.8) is 0 Å². The van der Waals surface area contributed by atoms with Crippen LogP contribution in [0.15, 0.2) is 12.1 Å². The zero-order valence-corrected chi connectivity index (χ0v) is 12.8. The summed E-state index contributed by atoms with van der Waals surface area (Å²) < 4.78 is 20.4. The van der Waals surface area contributed by atoms with Crippen molar-refractivity contribution in [3.05, 3.63) is 17.7 Å². The van der Waals surface area contributed by atoms with E-state index >= 15 is 0 Å². The number of rotatable bonds is 5. The zero-order chi connectivity index (χ0) is 16.1. The predicted molar refractivity (Wildman–Crippen MR) is 78.5 cm³/mol. The number of anilines is 1. The van der Waals surface area contributed by atoms with Crippen LogP contribution in [0.1, 0.15) is 23.2 Å². The van der Waals surface area contributed by atoms with Crippen LogP contribution in [0.2, 0.25) is 0 Å². The van der Waals surface area contributed by atoms with Crippen LogP contribution in [0.25, 0.3) is 0 Å². The number of hydrogen-bond acceptors (Lipinski definition) is 6. The molecule has 1 aromatic rings. The quantitative estimate of drug-likeness (QED) is 0.832. The first-order chi connectivity index (χ1) is 10.6. The molecule has 1 saturated heterocycles. The van der Waals surface area contributed by atoms with Crippen LogP contribution >= 0.6 is 0 Å².